The molecule has 2 rings (SSSR count). The number of fused-ring (bicyclic) bond motifs is 1. The van der Waals surface area contributed by atoms with Gasteiger partial charge in [-0.3, -0.25) is 9.48 Å². The molecule has 0 unspecified atom stereocenters. The van der Waals surface area contributed by atoms with Crippen LogP contribution in [0.5, 0.6) is 0 Å². The molecule has 0 atom stereocenters. The van der Waals surface area contributed by atoms with Crippen LogP contribution in [0.3, 0.4) is 0 Å². The molecule has 0 aromatic carbocycles. The van der Waals surface area contributed by atoms with Gasteiger partial charge >= 0.3 is 5.97 Å². The van der Waals surface area contributed by atoms with Crippen LogP contribution in [0.4, 0.5) is 5.82 Å². The molecule has 0 amide bonds. The van der Waals surface area contributed by atoms with Crippen LogP contribution in [0.25, 0.3) is 11.0 Å². The molecule has 0 saturated carbocycles. The van der Waals surface area contributed by atoms with E-state index in [0.29, 0.717) is 12.4 Å². The largest absolute Gasteiger partial charge is 0.468 e. The Labute approximate surface area is 104 Å². The van der Waals surface area contributed by atoms with E-state index in [9.17, 15) is 4.79 Å². The quantitative estimate of drug-likeness (QED) is 0.728. The Kier molecular flexibility index (Phi) is 3.40. The molecule has 2 aromatic heterocycles. The van der Waals surface area contributed by atoms with Gasteiger partial charge in [0.2, 0.25) is 0 Å². The van der Waals surface area contributed by atoms with Crippen molar-refractivity contribution in [3.8, 4) is 0 Å². The average Bonchev–Trinajstić information content (AvgIpc) is 2.78. The number of hydrogen-bond acceptors (Lipinski definition) is 6. The van der Waals surface area contributed by atoms with Gasteiger partial charge in [-0.25, -0.2) is 9.97 Å². The van der Waals surface area contributed by atoms with E-state index < -0.39 is 0 Å². The number of ether oxygens (including phenoxy) is 1. The molecule has 0 saturated heterocycles. The summed E-state index contributed by atoms with van der Waals surface area (Å²) in [5.41, 5.74) is 0.739. The predicted octanol–water partition coefficient (Wildman–Crippen LogP) is 0.363. The zero-order valence-corrected chi connectivity index (χ0v) is 10.6. The van der Waals surface area contributed by atoms with Gasteiger partial charge in [0.15, 0.2) is 5.65 Å². The van der Waals surface area contributed by atoms with E-state index in [1.54, 1.807) is 10.9 Å². The number of aryl methyl sites for hydroxylation is 1. The van der Waals surface area contributed by atoms with Crippen molar-refractivity contribution in [2.45, 2.75) is 6.92 Å². The number of carbonyl (C=O) groups excluding carboxylic acids is 1. The predicted molar refractivity (Wildman–Crippen MR) is 66.2 cm³/mol. The second-order valence-corrected chi connectivity index (χ2v) is 3.79. The molecular formula is C11H15N5O2. The lowest BCUT2D eigenvalue weighted by molar-refractivity contribution is -0.138. The number of likely N-dealkylation sites (N-methyl/N-ethyl adjacent to an activating group) is 1. The topological polar surface area (TPSA) is 73.1 Å². The zero-order valence-electron chi connectivity index (χ0n) is 10.6. The monoisotopic (exact) mass is 249 g/mol. The maximum absolute atomic E-state index is 11.4. The van der Waals surface area contributed by atoms with E-state index in [4.69, 9.17) is 0 Å². The number of hydrogen-bond donors (Lipinski definition) is 0. The van der Waals surface area contributed by atoms with Gasteiger partial charge in [-0.2, -0.15) is 5.10 Å². The van der Waals surface area contributed by atoms with Crippen molar-refractivity contribution in [1.29, 1.82) is 0 Å². The summed E-state index contributed by atoms with van der Waals surface area (Å²) in [4.78, 5) is 21.6. The first-order valence-electron chi connectivity index (χ1n) is 5.61. The van der Waals surface area contributed by atoms with E-state index in [1.165, 1.54) is 13.4 Å². The van der Waals surface area contributed by atoms with E-state index in [-0.39, 0.29) is 12.5 Å². The molecule has 7 nitrogen and oxygen atoms in total. The molecule has 0 radical (unpaired) electrons. The van der Waals surface area contributed by atoms with Crippen molar-refractivity contribution in [2.24, 2.45) is 7.05 Å². The van der Waals surface area contributed by atoms with Crippen LogP contribution >= 0.6 is 0 Å². The molecule has 0 spiro atoms. The molecule has 18 heavy (non-hydrogen) atoms. The second kappa shape index (κ2) is 4.99. The number of rotatable bonds is 4. The Morgan fingerprint density at radius 3 is 2.94 bits per heavy atom. The normalized spacial score (nSPS) is 10.6. The number of methoxy groups -OCH3 is 1. The third kappa shape index (κ3) is 2.11. The van der Waals surface area contributed by atoms with Crippen LogP contribution in [0, 0.1) is 0 Å². The van der Waals surface area contributed by atoms with Gasteiger partial charge in [-0.1, -0.05) is 0 Å². The van der Waals surface area contributed by atoms with Crippen molar-refractivity contribution in [1.82, 2.24) is 19.7 Å². The highest BCUT2D eigenvalue weighted by molar-refractivity contribution is 5.88. The van der Waals surface area contributed by atoms with Gasteiger partial charge in [-0.15, -0.1) is 0 Å². The standard InChI is InChI=1S/C11H15N5O2/c1-4-16(6-9(17)18-3)11-8-5-14-15(2)10(8)12-7-13-11/h5,7H,4,6H2,1-3H3. The fraction of sp³-hybridized carbons (Fsp3) is 0.455. The molecule has 2 aromatic rings. The van der Waals surface area contributed by atoms with E-state index in [1.807, 2.05) is 18.9 Å². The van der Waals surface area contributed by atoms with Crippen molar-refractivity contribution in [2.75, 3.05) is 25.1 Å². The number of nitrogens with zero attached hydrogens (tertiary/aromatic N) is 5. The van der Waals surface area contributed by atoms with Crippen LogP contribution in [-0.2, 0) is 16.6 Å². The maximum atomic E-state index is 11.4. The zero-order chi connectivity index (χ0) is 13.1. The lowest BCUT2D eigenvalue weighted by atomic mass is 10.3. The number of esters is 1. The summed E-state index contributed by atoms with van der Waals surface area (Å²) in [7, 11) is 3.19. The molecule has 0 bridgehead atoms. The Morgan fingerprint density at radius 2 is 2.28 bits per heavy atom. The third-order valence-corrected chi connectivity index (χ3v) is 2.74. The summed E-state index contributed by atoms with van der Waals surface area (Å²) >= 11 is 0. The van der Waals surface area contributed by atoms with Crippen LogP contribution in [0.15, 0.2) is 12.5 Å². The molecule has 0 aliphatic carbocycles. The number of carbonyl (C=O) groups is 1. The Morgan fingerprint density at radius 1 is 1.50 bits per heavy atom. The van der Waals surface area contributed by atoms with Gasteiger partial charge in [0, 0.05) is 13.6 Å². The molecule has 0 aliphatic heterocycles. The van der Waals surface area contributed by atoms with Crippen molar-refractivity contribution < 1.29 is 9.53 Å². The first-order chi connectivity index (χ1) is 8.67. The minimum absolute atomic E-state index is 0.161. The molecule has 0 fully saturated rings. The van der Waals surface area contributed by atoms with Gasteiger partial charge in [-0.05, 0) is 6.92 Å². The van der Waals surface area contributed by atoms with Gasteiger partial charge < -0.3 is 9.64 Å². The Hall–Kier alpha value is -2.18. The fourth-order valence-corrected chi connectivity index (χ4v) is 1.76. The van der Waals surface area contributed by atoms with Crippen molar-refractivity contribution in [3.63, 3.8) is 0 Å². The first-order valence-corrected chi connectivity index (χ1v) is 5.61. The van der Waals surface area contributed by atoms with E-state index in [0.717, 1.165) is 11.0 Å². The molecule has 96 valence electrons. The van der Waals surface area contributed by atoms with Crippen LogP contribution in [-0.4, -0.2) is 45.9 Å². The summed E-state index contributed by atoms with van der Waals surface area (Å²) in [5.74, 6) is 0.397. The summed E-state index contributed by atoms with van der Waals surface area (Å²) in [5, 5.41) is 4.97. The van der Waals surface area contributed by atoms with Crippen LogP contribution < -0.4 is 4.90 Å². The highest BCUT2D eigenvalue weighted by atomic mass is 16.5. The molecule has 2 heterocycles. The SMILES string of the molecule is CCN(CC(=O)OC)c1ncnc2c1cnn2C. The first kappa shape index (κ1) is 12.3. The second-order valence-electron chi connectivity index (χ2n) is 3.79. The van der Waals surface area contributed by atoms with Crippen molar-refractivity contribution in [3.05, 3.63) is 12.5 Å². The van der Waals surface area contributed by atoms with Crippen molar-refractivity contribution >= 4 is 22.8 Å². The minimum Gasteiger partial charge on any atom is -0.468 e. The molecule has 0 aliphatic rings. The summed E-state index contributed by atoms with van der Waals surface area (Å²) in [6.45, 7) is 2.76. The Bertz CT molecular complexity index is 566. The lowest BCUT2D eigenvalue weighted by Crippen LogP contribution is -2.31. The fourth-order valence-electron chi connectivity index (χ4n) is 1.76. The molecular weight excluding hydrogens is 234 g/mol. The lowest BCUT2D eigenvalue weighted by Gasteiger charge is -2.20. The minimum atomic E-state index is -0.299. The number of anilines is 1. The highest BCUT2D eigenvalue weighted by Crippen LogP contribution is 2.21. The smallest absolute Gasteiger partial charge is 0.325 e. The summed E-state index contributed by atoms with van der Waals surface area (Å²) in [6, 6.07) is 0. The molecule has 0 N–H and O–H groups in total. The van der Waals surface area contributed by atoms with Crippen LogP contribution in [0.1, 0.15) is 6.92 Å². The maximum Gasteiger partial charge on any atom is 0.325 e. The summed E-state index contributed by atoms with van der Waals surface area (Å²) < 4.78 is 6.35. The average molecular weight is 249 g/mol. The summed E-state index contributed by atoms with van der Waals surface area (Å²) in [6.07, 6.45) is 3.17. The highest BCUT2D eigenvalue weighted by Gasteiger charge is 2.16. The number of aromatic nitrogens is 4. The third-order valence-electron chi connectivity index (χ3n) is 2.74. The van der Waals surface area contributed by atoms with Gasteiger partial charge in [0.1, 0.15) is 18.7 Å². The Balaban J connectivity index is 2.41. The van der Waals surface area contributed by atoms with Crippen LogP contribution in [0.2, 0.25) is 0 Å². The van der Waals surface area contributed by atoms with E-state index in [2.05, 4.69) is 19.8 Å². The van der Waals surface area contributed by atoms with E-state index >= 15 is 0 Å². The molecule has 7 heteroatoms. The van der Waals surface area contributed by atoms with Gasteiger partial charge in [0.05, 0.1) is 18.7 Å². The van der Waals surface area contributed by atoms with Gasteiger partial charge in [0.25, 0.3) is 0 Å².